The number of carboxylic acid groups (broad SMARTS) is 1. The van der Waals surface area contributed by atoms with Gasteiger partial charge in [-0.2, -0.15) is 0 Å². The Bertz CT molecular complexity index is 771. The molecule has 1 aromatic heterocycles. The van der Waals surface area contributed by atoms with Crippen LogP contribution in [0.2, 0.25) is 0 Å². The molecule has 0 aromatic carbocycles. The van der Waals surface area contributed by atoms with Crippen molar-refractivity contribution < 1.29 is 28.7 Å². The number of anilines is 1. The lowest BCUT2D eigenvalue weighted by atomic mass is 9.93. The minimum atomic E-state index is -0.896. The fourth-order valence-corrected chi connectivity index (χ4v) is 4.30. The number of carboxylic acids is 1. The van der Waals surface area contributed by atoms with E-state index in [-0.39, 0.29) is 24.2 Å². The molecule has 3 heterocycles. The minimum absolute atomic E-state index is 0.0748. The van der Waals surface area contributed by atoms with E-state index in [0.29, 0.717) is 24.7 Å². The molecule has 0 spiro atoms. The molecular weight excluding hydrogens is 414 g/mol. The van der Waals surface area contributed by atoms with E-state index in [0.717, 1.165) is 38.8 Å². The number of ether oxygens (including phenoxy) is 2. The highest BCUT2D eigenvalue weighted by Crippen LogP contribution is 2.30. The van der Waals surface area contributed by atoms with E-state index in [2.05, 4.69) is 10.1 Å². The van der Waals surface area contributed by atoms with Crippen molar-refractivity contribution in [2.45, 2.75) is 84.0 Å². The summed E-state index contributed by atoms with van der Waals surface area (Å²) >= 11 is 0. The van der Waals surface area contributed by atoms with Crippen molar-refractivity contribution in [2.24, 2.45) is 5.92 Å². The molecule has 0 bridgehead atoms. The van der Waals surface area contributed by atoms with E-state index in [4.69, 9.17) is 14.0 Å². The number of aliphatic carboxylic acids is 1. The Hall–Kier alpha value is -2.29. The van der Waals surface area contributed by atoms with E-state index >= 15 is 0 Å². The van der Waals surface area contributed by atoms with Crippen molar-refractivity contribution in [3.63, 3.8) is 0 Å². The molecule has 2 aliphatic rings. The Morgan fingerprint density at radius 1 is 1.09 bits per heavy atom. The first-order chi connectivity index (χ1) is 15.0. The summed E-state index contributed by atoms with van der Waals surface area (Å²) in [5.74, 6) is -0.570. The molecule has 1 unspecified atom stereocenters. The number of rotatable bonds is 6. The maximum Gasteiger partial charge on any atom is 0.410 e. The third-order valence-electron chi connectivity index (χ3n) is 6.00. The van der Waals surface area contributed by atoms with Crippen LogP contribution in [0.4, 0.5) is 10.6 Å². The molecule has 3 rings (SSSR count). The largest absolute Gasteiger partial charge is 0.481 e. The van der Waals surface area contributed by atoms with E-state index in [1.165, 1.54) is 0 Å². The van der Waals surface area contributed by atoms with E-state index in [9.17, 15) is 14.7 Å². The fourth-order valence-electron chi connectivity index (χ4n) is 4.30. The van der Waals surface area contributed by atoms with Crippen LogP contribution in [0.25, 0.3) is 0 Å². The zero-order valence-electron chi connectivity index (χ0n) is 19.9. The van der Waals surface area contributed by atoms with Crippen LogP contribution in [0.15, 0.2) is 10.6 Å². The van der Waals surface area contributed by atoms with Crippen molar-refractivity contribution in [1.29, 1.82) is 0 Å². The van der Waals surface area contributed by atoms with Gasteiger partial charge in [0.05, 0.1) is 12.2 Å². The molecule has 1 atom stereocenters. The number of likely N-dealkylation sites (tertiary alicyclic amines) is 1. The van der Waals surface area contributed by atoms with Crippen LogP contribution >= 0.6 is 0 Å². The van der Waals surface area contributed by atoms with Gasteiger partial charge >= 0.3 is 12.1 Å². The van der Waals surface area contributed by atoms with Crippen molar-refractivity contribution in [3.05, 3.63) is 11.8 Å². The van der Waals surface area contributed by atoms with Gasteiger partial charge in [-0.25, -0.2) is 4.79 Å². The number of aromatic nitrogens is 1. The van der Waals surface area contributed by atoms with Gasteiger partial charge in [0.2, 0.25) is 0 Å². The molecule has 1 N–H and O–H groups in total. The smallest absolute Gasteiger partial charge is 0.410 e. The average molecular weight is 452 g/mol. The van der Waals surface area contributed by atoms with E-state index in [1.807, 2.05) is 34.6 Å². The molecule has 180 valence electrons. The highest BCUT2D eigenvalue weighted by atomic mass is 16.6. The van der Waals surface area contributed by atoms with Crippen molar-refractivity contribution in [2.75, 3.05) is 31.1 Å². The van der Waals surface area contributed by atoms with E-state index in [1.54, 1.807) is 11.0 Å². The Labute approximate surface area is 190 Å². The van der Waals surface area contributed by atoms with Gasteiger partial charge < -0.3 is 28.9 Å². The first kappa shape index (κ1) is 24.4. The van der Waals surface area contributed by atoms with Crippen LogP contribution in [0.5, 0.6) is 0 Å². The second-order valence-electron chi connectivity index (χ2n) is 10.1. The lowest BCUT2D eigenvalue weighted by Crippen LogP contribution is -2.45. The number of piperidine rings is 2. The third-order valence-corrected chi connectivity index (χ3v) is 6.00. The summed E-state index contributed by atoms with van der Waals surface area (Å²) in [5.41, 5.74) is -0.480. The monoisotopic (exact) mass is 451 g/mol. The SMILES string of the molecule is CC(C)C(C(=O)O)c1cc(N2CCC(OC3CCN(C(=O)OC(C)(C)C)CC3)CC2)no1. The Kier molecular flexibility index (Phi) is 7.69. The lowest BCUT2D eigenvalue weighted by Gasteiger charge is -2.37. The molecule has 1 aromatic rings. The average Bonchev–Trinajstić information content (AvgIpc) is 3.16. The normalized spacial score (nSPS) is 19.9. The molecule has 9 heteroatoms. The summed E-state index contributed by atoms with van der Waals surface area (Å²) in [7, 11) is 0. The Balaban J connectivity index is 1.43. The first-order valence-corrected chi connectivity index (χ1v) is 11.6. The van der Waals surface area contributed by atoms with Gasteiger partial charge in [0, 0.05) is 32.2 Å². The zero-order valence-corrected chi connectivity index (χ0v) is 19.9. The quantitative estimate of drug-likeness (QED) is 0.695. The molecule has 0 aliphatic carbocycles. The number of carbonyl (C=O) groups excluding carboxylic acids is 1. The Morgan fingerprint density at radius 2 is 1.66 bits per heavy atom. The second-order valence-corrected chi connectivity index (χ2v) is 10.1. The number of carbonyl (C=O) groups is 2. The topological polar surface area (TPSA) is 105 Å². The van der Waals surface area contributed by atoms with Crippen LogP contribution in [0, 0.1) is 5.92 Å². The van der Waals surface area contributed by atoms with Crippen LogP contribution in [0.3, 0.4) is 0 Å². The van der Waals surface area contributed by atoms with Gasteiger partial charge in [-0.1, -0.05) is 19.0 Å². The van der Waals surface area contributed by atoms with Crippen LogP contribution in [-0.4, -0.2) is 71.2 Å². The van der Waals surface area contributed by atoms with Gasteiger partial charge in [0.1, 0.15) is 11.5 Å². The molecule has 9 nitrogen and oxygen atoms in total. The standard InChI is InChI=1S/C23H37N3O6/c1-15(2)20(21(27)28)18-14-19(24-32-18)25-10-6-16(7-11-25)30-17-8-12-26(13-9-17)22(29)31-23(3,4)5/h14-17,20H,6-13H2,1-5H3,(H,27,28). The summed E-state index contributed by atoms with van der Waals surface area (Å²) < 4.78 is 17.1. The zero-order chi connectivity index (χ0) is 23.5. The van der Waals surface area contributed by atoms with Crippen LogP contribution in [0.1, 0.15) is 72.0 Å². The lowest BCUT2D eigenvalue weighted by molar-refractivity contribution is -0.140. The van der Waals surface area contributed by atoms with Crippen molar-refractivity contribution in [3.8, 4) is 0 Å². The second kappa shape index (κ2) is 10.1. The third kappa shape index (κ3) is 6.37. The summed E-state index contributed by atoms with van der Waals surface area (Å²) in [6, 6.07) is 1.76. The number of nitrogens with zero attached hydrogens (tertiary/aromatic N) is 3. The van der Waals surface area contributed by atoms with Crippen molar-refractivity contribution in [1.82, 2.24) is 10.1 Å². The van der Waals surface area contributed by atoms with Crippen molar-refractivity contribution >= 4 is 17.9 Å². The Morgan fingerprint density at radius 3 is 2.16 bits per heavy atom. The molecule has 0 radical (unpaired) electrons. The molecule has 1 amide bonds. The number of amides is 1. The number of hydrogen-bond acceptors (Lipinski definition) is 7. The van der Waals surface area contributed by atoms with Gasteiger partial charge in [0.15, 0.2) is 11.6 Å². The van der Waals surface area contributed by atoms with Crippen LogP contribution in [-0.2, 0) is 14.3 Å². The highest BCUT2D eigenvalue weighted by Gasteiger charge is 2.32. The maximum atomic E-state index is 12.2. The predicted octanol–water partition coefficient (Wildman–Crippen LogP) is 3.88. The highest BCUT2D eigenvalue weighted by molar-refractivity contribution is 5.75. The fraction of sp³-hybridized carbons (Fsp3) is 0.783. The summed E-state index contributed by atoms with van der Waals surface area (Å²) in [5, 5.41) is 13.6. The van der Waals surface area contributed by atoms with Crippen LogP contribution < -0.4 is 4.90 Å². The molecule has 2 aliphatic heterocycles. The molecular formula is C23H37N3O6. The predicted molar refractivity (Wildman–Crippen MR) is 119 cm³/mol. The molecule has 32 heavy (non-hydrogen) atoms. The van der Waals surface area contributed by atoms with Gasteiger partial charge in [-0.05, 0) is 52.4 Å². The van der Waals surface area contributed by atoms with E-state index < -0.39 is 17.5 Å². The number of hydrogen-bond donors (Lipinski definition) is 1. The van der Waals surface area contributed by atoms with Gasteiger partial charge in [0.25, 0.3) is 0 Å². The summed E-state index contributed by atoms with van der Waals surface area (Å²) in [4.78, 5) is 27.6. The minimum Gasteiger partial charge on any atom is -0.481 e. The molecule has 2 saturated heterocycles. The first-order valence-electron chi connectivity index (χ1n) is 11.6. The molecule has 0 saturated carbocycles. The maximum absolute atomic E-state index is 12.2. The summed E-state index contributed by atoms with van der Waals surface area (Å²) in [6.45, 7) is 12.2. The summed E-state index contributed by atoms with van der Waals surface area (Å²) in [6.07, 6.45) is 3.47. The van der Waals surface area contributed by atoms with Gasteiger partial charge in [-0.15, -0.1) is 0 Å². The molecule has 2 fully saturated rings. The van der Waals surface area contributed by atoms with Gasteiger partial charge in [-0.3, -0.25) is 4.79 Å².